The van der Waals surface area contributed by atoms with Crippen molar-refractivity contribution in [2.45, 2.75) is 6.54 Å². The van der Waals surface area contributed by atoms with Crippen LogP contribution in [-0.4, -0.2) is 48.1 Å². The molecule has 0 saturated carbocycles. The lowest BCUT2D eigenvalue weighted by atomic mass is 9.96. The maximum absolute atomic E-state index is 9.56. The van der Waals surface area contributed by atoms with Gasteiger partial charge in [0.1, 0.15) is 0 Å². The van der Waals surface area contributed by atoms with E-state index in [1.54, 1.807) is 0 Å². The molecule has 122 valence electrons. The average molecular weight is 320 g/mol. The Morgan fingerprint density at radius 2 is 1.88 bits per heavy atom. The van der Waals surface area contributed by atoms with Gasteiger partial charge in [0.05, 0.1) is 42.8 Å². The van der Waals surface area contributed by atoms with Crippen LogP contribution in [0.1, 0.15) is 22.4 Å². The summed E-state index contributed by atoms with van der Waals surface area (Å²) in [5.74, 6) is 0. The zero-order valence-corrected chi connectivity index (χ0v) is 13.7. The molecular formula is C19H20N4O. The Morgan fingerprint density at radius 1 is 1.08 bits per heavy atom. The van der Waals surface area contributed by atoms with Gasteiger partial charge in [-0.15, -0.1) is 0 Å². The van der Waals surface area contributed by atoms with Crippen molar-refractivity contribution in [2.24, 2.45) is 0 Å². The summed E-state index contributed by atoms with van der Waals surface area (Å²) < 4.78 is 5.53. The van der Waals surface area contributed by atoms with Crippen LogP contribution in [0.4, 0.5) is 0 Å². The standard InChI is InChI=1S/C19H20N4O/c1-22-13-17-16(6-7-21-17)19(23-8-10-24-11-9-23)18(22)15-5-3-2-4-14(15)12-20/h2-7,21H,8-11,13H2,1H3. The summed E-state index contributed by atoms with van der Waals surface area (Å²) in [6.45, 7) is 4.02. The Kier molecular flexibility index (Phi) is 3.75. The quantitative estimate of drug-likeness (QED) is 0.924. The molecule has 1 aromatic carbocycles. The molecule has 2 aliphatic rings. The van der Waals surface area contributed by atoms with Crippen LogP contribution in [0.3, 0.4) is 0 Å². The number of aromatic nitrogens is 1. The van der Waals surface area contributed by atoms with E-state index in [0.29, 0.717) is 5.56 Å². The van der Waals surface area contributed by atoms with Crippen LogP contribution in [0, 0.1) is 11.3 Å². The van der Waals surface area contributed by atoms with Crippen molar-refractivity contribution >= 4 is 11.4 Å². The van der Waals surface area contributed by atoms with Gasteiger partial charge < -0.3 is 19.5 Å². The molecule has 0 unspecified atom stereocenters. The first-order valence-corrected chi connectivity index (χ1v) is 8.24. The summed E-state index contributed by atoms with van der Waals surface area (Å²) in [6.07, 6.45) is 2.00. The minimum atomic E-state index is 0.712. The Bertz CT molecular complexity index is 824. The Hall–Kier alpha value is -2.71. The van der Waals surface area contributed by atoms with Crippen molar-refractivity contribution < 1.29 is 4.74 Å². The summed E-state index contributed by atoms with van der Waals surface area (Å²) >= 11 is 0. The predicted octanol–water partition coefficient (Wildman–Crippen LogP) is 2.49. The fourth-order valence-corrected chi connectivity index (χ4v) is 3.61. The van der Waals surface area contributed by atoms with Gasteiger partial charge in [-0.2, -0.15) is 5.26 Å². The SMILES string of the molecule is CN1Cc2[nH]ccc2C(N2CCOCC2)=C1c1ccccc1C#N. The van der Waals surface area contributed by atoms with Crippen LogP contribution >= 0.6 is 0 Å². The molecule has 0 radical (unpaired) electrons. The Balaban J connectivity index is 1.95. The van der Waals surface area contributed by atoms with Gasteiger partial charge >= 0.3 is 0 Å². The first kappa shape index (κ1) is 14.9. The molecule has 2 aliphatic heterocycles. The second kappa shape index (κ2) is 6.06. The molecule has 0 atom stereocenters. The number of hydrogen-bond acceptors (Lipinski definition) is 4. The van der Waals surface area contributed by atoms with Crippen molar-refractivity contribution in [2.75, 3.05) is 33.4 Å². The van der Waals surface area contributed by atoms with Gasteiger partial charge in [-0.05, 0) is 12.1 Å². The summed E-state index contributed by atoms with van der Waals surface area (Å²) in [5.41, 5.74) is 6.49. The number of morpholine rings is 1. The van der Waals surface area contributed by atoms with Gasteiger partial charge in [-0.3, -0.25) is 0 Å². The van der Waals surface area contributed by atoms with Gasteiger partial charge in [0.15, 0.2) is 0 Å². The highest BCUT2D eigenvalue weighted by atomic mass is 16.5. The number of ether oxygens (including phenoxy) is 1. The number of benzene rings is 1. The molecule has 0 aliphatic carbocycles. The summed E-state index contributed by atoms with van der Waals surface area (Å²) in [4.78, 5) is 7.98. The number of H-pyrrole nitrogens is 1. The van der Waals surface area contributed by atoms with Gasteiger partial charge in [0, 0.05) is 43.2 Å². The molecule has 0 spiro atoms. The molecule has 2 aromatic rings. The van der Waals surface area contributed by atoms with E-state index >= 15 is 0 Å². The molecule has 3 heterocycles. The highest BCUT2D eigenvalue weighted by molar-refractivity contribution is 5.92. The maximum Gasteiger partial charge on any atom is 0.0998 e. The maximum atomic E-state index is 9.56. The normalized spacial score (nSPS) is 17.7. The zero-order chi connectivity index (χ0) is 16.5. The first-order chi connectivity index (χ1) is 11.8. The van der Waals surface area contributed by atoms with Crippen molar-refractivity contribution in [3.8, 4) is 6.07 Å². The molecule has 1 saturated heterocycles. The van der Waals surface area contributed by atoms with Crippen LogP contribution in [0.5, 0.6) is 0 Å². The topological polar surface area (TPSA) is 55.3 Å². The van der Waals surface area contributed by atoms with Crippen molar-refractivity contribution in [3.63, 3.8) is 0 Å². The summed E-state index contributed by atoms with van der Waals surface area (Å²) in [5, 5.41) is 9.56. The number of fused-ring (bicyclic) bond motifs is 1. The molecule has 1 aromatic heterocycles. The number of nitriles is 1. The molecule has 0 bridgehead atoms. The third-order valence-electron chi connectivity index (χ3n) is 4.72. The van der Waals surface area contributed by atoms with Gasteiger partial charge in [0.2, 0.25) is 0 Å². The third kappa shape index (κ3) is 2.36. The number of nitrogens with zero attached hydrogens (tertiary/aromatic N) is 3. The van der Waals surface area contributed by atoms with Crippen LogP contribution in [0.15, 0.2) is 36.5 Å². The monoisotopic (exact) mass is 320 g/mol. The average Bonchev–Trinajstić information content (AvgIpc) is 3.09. The molecule has 1 N–H and O–H groups in total. The predicted molar refractivity (Wildman–Crippen MR) is 92.6 cm³/mol. The van der Waals surface area contributed by atoms with Gasteiger partial charge in [-0.25, -0.2) is 0 Å². The first-order valence-electron chi connectivity index (χ1n) is 8.24. The molecule has 1 fully saturated rings. The number of rotatable bonds is 2. The minimum Gasteiger partial charge on any atom is -0.378 e. The minimum absolute atomic E-state index is 0.712. The van der Waals surface area contributed by atoms with Crippen LogP contribution in [0.25, 0.3) is 11.4 Å². The summed E-state index contributed by atoms with van der Waals surface area (Å²) in [7, 11) is 2.09. The smallest absolute Gasteiger partial charge is 0.0998 e. The lowest BCUT2D eigenvalue weighted by Crippen LogP contribution is -2.38. The fraction of sp³-hybridized carbons (Fsp3) is 0.316. The van der Waals surface area contributed by atoms with E-state index in [1.165, 1.54) is 17.0 Å². The lowest BCUT2D eigenvalue weighted by Gasteiger charge is -2.38. The Labute approximate surface area is 141 Å². The molecule has 0 amide bonds. The molecule has 5 heteroatoms. The molecule has 4 rings (SSSR count). The largest absolute Gasteiger partial charge is 0.378 e. The van der Waals surface area contributed by atoms with E-state index in [-0.39, 0.29) is 0 Å². The van der Waals surface area contributed by atoms with Gasteiger partial charge in [-0.1, -0.05) is 18.2 Å². The zero-order valence-electron chi connectivity index (χ0n) is 13.7. The highest BCUT2D eigenvalue weighted by Gasteiger charge is 2.30. The van der Waals surface area contributed by atoms with Crippen LogP contribution in [-0.2, 0) is 11.3 Å². The van der Waals surface area contributed by atoms with E-state index in [2.05, 4.69) is 34.0 Å². The fourth-order valence-electron chi connectivity index (χ4n) is 3.61. The van der Waals surface area contributed by atoms with Crippen LogP contribution in [0.2, 0.25) is 0 Å². The Morgan fingerprint density at radius 3 is 2.67 bits per heavy atom. The van der Waals surface area contributed by atoms with E-state index in [4.69, 9.17) is 4.74 Å². The second-order valence-corrected chi connectivity index (χ2v) is 6.18. The van der Waals surface area contributed by atoms with Crippen molar-refractivity contribution in [1.82, 2.24) is 14.8 Å². The second-order valence-electron chi connectivity index (χ2n) is 6.18. The highest BCUT2D eigenvalue weighted by Crippen LogP contribution is 2.39. The molecular weight excluding hydrogens is 300 g/mol. The molecule has 5 nitrogen and oxygen atoms in total. The van der Waals surface area contributed by atoms with Crippen molar-refractivity contribution in [3.05, 3.63) is 58.9 Å². The third-order valence-corrected chi connectivity index (χ3v) is 4.72. The van der Waals surface area contributed by atoms with Crippen LogP contribution < -0.4 is 0 Å². The number of aromatic amines is 1. The van der Waals surface area contributed by atoms with Gasteiger partial charge in [0.25, 0.3) is 0 Å². The number of hydrogen-bond donors (Lipinski definition) is 1. The van der Waals surface area contributed by atoms with E-state index < -0.39 is 0 Å². The number of nitrogens with one attached hydrogen (secondary N) is 1. The van der Waals surface area contributed by atoms with E-state index in [0.717, 1.165) is 44.1 Å². The van der Waals surface area contributed by atoms with E-state index in [1.807, 2.05) is 30.5 Å². The lowest BCUT2D eigenvalue weighted by molar-refractivity contribution is 0.0636. The molecule has 24 heavy (non-hydrogen) atoms. The van der Waals surface area contributed by atoms with E-state index in [9.17, 15) is 5.26 Å². The summed E-state index contributed by atoms with van der Waals surface area (Å²) in [6, 6.07) is 12.3. The van der Waals surface area contributed by atoms with Crippen molar-refractivity contribution in [1.29, 1.82) is 5.26 Å².